The number of piperazine rings is 1. The molecule has 2 atom stereocenters. The van der Waals surface area contributed by atoms with Crippen molar-refractivity contribution in [1.82, 2.24) is 24.4 Å². The fourth-order valence-corrected chi connectivity index (χ4v) is 4.93. The van der Waals surface area contributed by atoms with Crippen LogP contribution in [-0.4, -0.2) is 88.2 Å². The predicted octanol–water partition coefficient (Wildman–Crippen LogP) is 3.08. The van der Waals surface area contributed by atoms with Crippen LogP contribution < -0.4 is 9.80 Å². The molecule has 0 aliphatic carbocycles. The molecule has 36 heavy (non-hydrogen) atoms. The van der Waals surface area contributed by atoms with Gasteiger partial charge in [0, 0.05) is 38.8 Å². The van der Waals surface area contributed by atoms with Crippen LogP contribution in [0.15, 0.2) is 30.3 Å². The zero-order valence-corrected chi connectivity index (χ0v) is 20.8. The highest BCUT2D eigenvalue weighted by Crippen LogP contribution is 2.30. The van der Waals surface area contributed by atoms with Gasteiger partial charge in [0.2, 0.25) is 5.95 Å². The number of hydrogen-bond donors (Lipinski definition) is 0. The molecule has 192 valence electrons. The Balaban J connectivity index is 1.59. The van der Waals surface area contributed by atoms with Crippen molar-refractivity contribution in [2.45, 2.75) is 39.3 Å². The van der Waals surface area contributed by atoms with Crippen molar-refractivity contribution in [2.24, 2.45) is 0 Å². The number of rotatable bonds is 6. The molecular weight excluding hydrogens is 468 g/mol. The first-order valence-corrected chi connectivity index (χ1v) is 12.3. The first kappa shape index (κ1) is 24.5. The number of nitrogens with zero attached hydrogens (tertiary/aromatic N) is 7. The average Bonchev–Trinajstić information content (AvgIpc) is 3.26. The number of morpholine rings is 1. The summed E-state index contributed by atoms with van der Waals surface area (Å²) < 4.78 is 35.4. The lowest BCUT2D eigenvalue weighted by Gasteiger charge is -2.39. The molecule has 2 fully saturated rings. The fourth-order valence-electron chi connectivity index (χ4n) is 4.93. The SMILES string of the molecule is CC(=O)CN1CCN(c2cc(N3CCO[C@H](C)[C@H]3C)nc(-n3c(C(F)F)nc4ccccc43)n2)CC1. The molecule has 11 heteroatoms. The maximum Gasteiger partial charge on any atom is 0.296 e. The lowest BCUT2D eigenvalue weighted by Crippen LogP contribution is -2.49. The van der Waals surface area contributed by atoms with Crippen molar-refractivity contribution in [3.8, 4) is 5.95 Å². The molecule has 0 radical (unpaired) electrons. The summed E-state index contributed by atoms with van der Waals surface area (Å²) in [4.78, 5) is 31.7. The number of carbonyl (C=O) groups excluding carboxylic acids is 1. The van der Waals surface area contributed by atoms with Crippen molar-refractivity contribution in [3.05, 3.63) is 36.2 Å². The highest BCUT2D eigenvalue weighted by atomic mass is 19.3. The summed E-state index contributed by atoms with van der Waals surface area (Å²) >= 11 is 0. The molecule has 2 aromatic heterocycles. The van der Waals surface area contributed by atoms with Crippen molar-refractivity contribution in [2.75, 3.05) is 55.7 Å². The number of ketones is 1. The van der Waals surface area contributed by atoms with E-state index in [0.29, 0.717) is 55.5 Å². The number of carbonyl (C=O) groups is 1. The fraction of sp³-hybridized carbons (Fsp3) is 0.520. The highest BCUT2D eigenvalue weighted by molar-refractivity contribution is 5.78. The third-order valence-corrected chi connectivity index (χ3v) is 6.99. The number of aromatic nitrogens is 4. The summed E-state index contributed by atoms with van der Waals surface area (Å²) in [5.74, 6) is 1.26. The second-order valence-electron chi connectivity index (χ2n) is 9.45. The van der Waals surface area contributed by atoms with E-state index in [0.717, 1.165) is 13.1 Å². The Bertz CT molecular complexity index is 1240. The molecular formula is C25H31F2N7O2. The molecule has 1 aromatic carbocycles. The monoisotopic (exact) mass is 499 g/mol. The van der Waals surface area contributed by atoms with Gasteiger partial charge in [-0.15, -0.1) is 0 Å². The third kappa shape index (κ3) is 4.77. The lowest BCUT2D eigenvalue weighted by atomic mass is 10.1. The lowest BCUT2D eigenvalue weighted by molar-refractivity contribution is -0.118. The maximum absolute atomic E-state index is 14.1. The molecule has 0 N–H and O–H groups in total. The second kappa shape index (κ2) is 10.1. The van der Waals surface area contributed by atoms with Gasteiger partial charge in [0.1, 0.15) is 17.4 Å². The Morgan fingerprint density at radius 3 is 2.50 bits per heavy atom. The largest absolute Gasteiger partial charge is 0.375 e. The van der Waals surface area contributed by atoms with Gasteiger partial charge in [-0.3, -0.25) is 14.3 Å². The number of alkyl halides is 2. The van der Waals surface area contributed by atoms with E-state index in [-0.39, 0.29) is 29.7 Å². The van der Waals surface area contributed by atoms with Gasteiger partial charge in [0.15, 0.2) is 5.82 Å². The maximum atomic E-state index is 14.1. The molecule has 4 heterocycles. The topological polar surface area (TPSA) is 79.6 Å². The van der Waals surface area contributed by atoms with E-state index in [4.69, 9.17) is 14.7 Å². The first-order chi connectivity index (χ1) is 17.3. The number of imidazole rings is 1. The van der Waals surface area contributed by atoms with E-state index in [1.165, 1.54) is 4.57 Å². The summed E-state index contributed by atoms with van der Waals surface area (Å²) in [6.07, 6.45) is -2.79. The Morgan fingerprint density at radius 1 is 1.06 bits per heavy atom. The van der Waals surface area contributed by atoms with E-state index < -0.39 is 6.43 Å². The second-order valence-corrected chi connectivity index (χ2v) is 9.45. The minimum atomic E-state index is -2.79. The number of hydrogen-bond acceptors (Lipinski definition) is 8. The Labute approximate surface area is 208 Å². The van der Waals surface area contributed by atoms with Gasteiger partial charge in [0.25, 0.3) is 6.43 Å². The van der Waals surface area contributed by atoms with Gasteiger partial charge in [-0.05, 0) is 32.9 Å². The molecule has 2 aliphatic heterocycles. The van der Waals surface area contributed by atoms with Crippen LogP contribution in [0.4, 0.5) is 20.4 Å². The van der Waals surface area contributed by atoms with E-state index in [1.807, 2.05) is 13.0 Å². The van der Waals surface area contributed by atoms with E-state index in [9.17, 15) is 13.6 Å². The zero-order valence-electron chi connectivity index (χ0n) is 20.8. The predicted molar refractivity (Wildman–Crippen MR) is 133 cm³/mol. The van der Waals surface area contributed by atoms with Crippen LogP contribution >= 0.6 is 0 Å². The van der Waals surface area contributed by atoms with Gasteiger partial charge in [0.05, 0.1) is 36.3 Å². The molecule has 3 aromatic rings. The summed E-state index contributed by atoms with van der Waals surface area (Å²) in [7, 11) is 0. The van der Waals surface area contributed by atoms with E-state index >= 15 is 0 Å². The Morgan fingerprint density at radius 2 is 1.78 bits per heavy atom. The molecule has 2 aliphatic rings. The van der Waals surface area contributed by atoms with Crippen LogP contribution in [-0.2, 0) is 9.53 Å². The molecule has 0 spiro atoms. The number of Topliss-reactive ketones (excluding diaryl/α,β-unsaturated/α-hetero) is 1. The smallest absolute Gasteiger partial charge is 0.296 e. The number of ether oxygens (including phenoxy) is 1. The van der Waals surface area contributed by atoms with E-state index in [1.54, 1.807) is 31.2 Å². The number of halogens is 2. The van der Waals surface area contributed by atoms with Crippen LogP contribution in [0.5, 0.6) is 0 Å². The Hall–Kier alpha value is -3.18. The highest BCUT2D eigenvalue weighted by Gasteiger charge is 2.30. The van der Waals surface area contributed by atoms with Gasteiger partial charge >= 0.3 is 0 Å². The van der Waals surface area contributed by atoms with Crippen LogP contribution in [0.2, 0.25) is 0 Å². The standard InChI is InChI=1S/C25H31F2N7O2/c1-16(35)15-31-8-10-32(11-9-31)21-14-22(33-12-13-36-18(3)17(33)2)30-25(29-21)34-20-7-5-4-6-19(20)28-24(34)23(26)27/h4-7,14,17-18,23H,8-13,15H2,1-3H3/t17-,18-/m1/s1. The first-order valence-electron chi connectivity index (χ1n) is 12.3. The molecule has 0 saturated carbocycles. The van der Waals surface area contributed by atoms with Gasteiger partial charge in [-0.25, -0.2) is 13.8 Å². The Kier molecular flexibility index (Phi) is 6.85. The number of para-hydroxylation sites is 2. The molecule has 0 bridgehead atoms. The van der Waals surface area contributed by atoms with E-state index in [2.05, 4.69) is 26.6 Å². The number of fused-ring (bicyclic) bond motifs is 1. The van der Waals surface area contributed by atoms with Gasteiger partial charge in [-0.1, -0.05) is 12.1 Å². The van der Waals surface area contributed by atoms with Gasteiger partial charge < -0.3 is 14.5 Å². The van der Waals surface area contributed by atoms with Crippen molar-refractivity contribution < 1.29 is 18.3 Å². The van der Waals surface area contributed by atoms with Crippen molar-refractivity contribution in [1.29, 1.82) is 0 Å². The van der Waals surface area contributed by atoms with Crippen LogP contribution in [0.3, 0.4) is 0 Å². The number of anilines is 2. The zero-order chi connectivity index (χ0) is 25.4. The average molecular weight is 500 g/mol. The molecule has 2 saturated heterocycles. The van der Waals surface area contributed by atoms with Crippen molar-refractivity contribution in [3.63, 3.8) is 0 Å². The van der Waals surface area contributed by atoms with Crippen LogP contribution in [0, 0.1) is 0 Å². The minimum absolute atomic E-state index is 0.00133. The number of benzene rings is 1. The van der Waals surface area contributed by atoms with Crippen LogP contribution in [0.1, 0.15) is 33.0 Å². The minimum Gasteiger partial charge on any atom is -0.375 e. The van der Waals surface area contributed by atoms with Crippen molar-refractivity contribution >= 4 is 28.5 Å². The summed E-state index contributed by atoms with van der Waals surface area (Å²) in [5, 5.41) is 0. The molecule has 0 amide bonds. The molecule has 5 rings (SSSR count). The molecule has 0 unspecified atom stereocenters. The normalized spacial score (nSPS) is 21.5. The summed E-state index contributed by atoms with van der Waals surface area (Å²) in [5.41, 5.74) is 1.00. The summed E-state index contributed by atoms with van der Waals surface area (Å²) in [6, 6.07) is 9.01. The molecule has 9 nitrogen and oxygen atoms in total. The van der Waals surface area contributed by atoms with Crippen LogP contribution in [0.25, 0.3) is 17.0 Å². The van der Waals surface area contributed by atoms with Gasteiger partial charge in [-0.2, -0.15) is 9.97 Å². The quantitative estimate of drug-likeness (QED) is 0.512. The third-order valence-electron chi connectivity index (χ3n) is 6.99. The summed E-state index contributed by atoms with van der Waals surface area (Å²) in [6.45, 7) is 10.1.